The van der Waals surface area contributed by atoms with Crippen LogP contribution in [0.25, 0.3) is 0 Å². The van der Waals surface area contributed by atoms with Crippen molar-refractivity contribution in [2.45, 2.75) is 19.4 Å². The molecule has 0 saturated heterocycles. The van der Waals surface area contributed by atoms with E-state index >= 15 is 0 Å². The third-order valence-corrected chi connectivity index (χ3v) is 3.35. The van der Waals surface area contributed by atoms with Gasteiger partial charge in [0, 0.05) is 24.4 Å². The SMILES string of the molecule is CC(c1ccc(Cc2ccccn2)cc1)N(C)C. The largest absolute Gasteiger partial charge is 0.303 e. The molecule has 0 N–H and O–H groups in total. The zero-order chi connectivity index (χ0) is 13.0. The second kappa shape index (κ2) is 5.78. The summed E-state index contributed by atoms with van der Waals surface area (Å²) >= 11 is 0. The van der Waals surface area contributed by atoms with Crippen molar-refractivity contribution in [3.05, 3.63) is 65.5 Å². The van der Waals surface area contributed by atoms with Gasteiger partial charge in [-0.25, -0.2) is 0 Å². The van der Waals surface area contributed by atoms with Crippen LogP contribution in [0, 0.1) is 0 Å². The molecule has 0 bridgehead atoms. The van der Waals surface area contributed by atoms with E-state index in [-0.39, 0.29) is 0 Å². The highest BCUT2D eigenvalue weighted by Crippen LogP contribution is 2.18. The third kappa shape index (κ3) is 3.17. The molecule has 1 aromatic heterocycles. The maximum atomic E-state index is 4.35. The second-order valence-electron chi connectivity index (χ2n) is 4.88. The van der Waals surface area contributed by atoms with E-state index in [0.717, 1.165) is 12.1 Å². The van der Waals surface area contributed by atoms with Crippen LogP contribution in [-0.2, 0) is 6.42 Å². The van der Waals surface area contributed by atoms with E-state index in [1.165, 1.54) is 11.1 Å². The van der Waals surface area contributed by atoms with Crippen LogP contribution in [0.5, 0.6) is 0 Å². The lowest BCUT2D eigenvalue weighted by atomic mass is 10.0. The molecular formula is C16H20N2. The molecule has 0 spiro atoms. The first-order valence-corrected chi connectivity index (χ1v) is 6.32. The number of nitrogens with zero attached hydrogens (tertiary/aromatic N) is 2. The van der Waals surface area contributed by atoms with Crippen molar-refractivity contribution >= 4 is 0 Å². The van der Waals surface area contributed by atoms with Gasteiger partial charge in [-0.1, -0.05) is 30.3 Å². The molecule has 0 amide bonds. The Kier molecular flexibility index (Phi) is 4.11. The number of benzene rings is 1. The van der Waals surface area contributed by atoms with E-state index in [4.69, 9.17) is 0 Å². The lowest BCUT2D eigenvalue weighted by Crippen LogP contribution is -2.16. The highest BCUT2D eigenvalue weighted by Gasteiger charge is 2.07. The van der Waals surface area contributed by atoms with Gasteiger partial charge in [-0.2, -0.15) is 0 Å². The predicted octanol–water partition coefficient (Wildman–Crippen LogP) is 3.30. The number of rotatable bonds is 4. The molecule has 0 saturated carbocycles. The van der Waals surface area contributed by atoms with Gasteiger partial charge in [0.05, 0.1) is 0 Å². The maximum Gasteiger partial charge on any atom is 0.0447 e. The monoisotopic (exact) mass is 240 g/mol. The summed E-state index contributed by atoms with van der Waals surface area (Å²) in [6, 6.07) is 15.3. The Morgan fingerprint density at radius 1 is 1.06 bits per heavy atom. The number of aromatic nitrogens is 1. The molecule has 18 heavy (non-hydrogen) atoms. The van der Waals surface area contributed by atoms with Gasteiger partial charge >= 0.3 is 0 Å². The highest BCUT2D eigenvalue weighted by atomic mass is 15.1. The van der Waals surface area contributed by atoms with Crippen LogP contribution in [-0.4, -0.2) is 24.0 Å². The van der Waals surface area contributed by atoms with Crippen molar-refractivity contribution in [3.63, 3.8) is 0 Å². The molecule has 1 atom stereocenters. The Labute approximate surface area is 109 Å². The fourth-order valence-electron chi connectivity index (χ4n) is 1.92. The molecule has 0 radical (unpaired) electrons. The molecule has 0 aliphatic carbocycles. The van der Waals surface area contributed by atoms with Crippen LogP contribution in [0.1, 0.15) is 29.8 Å². The molecule has 1 aromatic carbocycles. The smallest absolute Gasteiger partial charge is 0.0447 e. The van der Waals surface area contributed by atoms with Crippen LogP contribution >= 0.6 is 0 Å². The van der Waals surface area contributed by atoms with Crippen molar-refractivity contribution in [2.75, 3.05) is 14.1 Å². The molecular weight excluding hydrogens is 220 g/mol. The first kappa shape index (κ1) is 12.8. The fraction of sp³-hybridized carbons (Fsp3) is 0.312. The average molecular weight is 240 g/mol. The molecule has 94 valence electrons. The lowest BCUT2D eigenvalue weighted by molar-refractivity contribution is 0.321. The van der Waals surface area contributed by atoms with Crippen molar-refractivity contribution in [1.82, 2.24) is 9.88 Å². The van der Waals surface area contributed by atoms with Crippen LogP contribution in [0.4, 0.5) is 0 Å². The minimum absolute atomic E-state index is 0.453. The maximum absolute atomic E-state index is 4.35. The third-order valence-electron chi connectivity index (χ3n) is 3.35. The van der Waals surface area contributed by atoms with E-state index < -0.39 is 0 Å². The van der Waals surface area contributed by atoms with E-state index in [2.05, 4.69) is 61.2 Å². The average Bonchev–Trinajstić information content (AvgIpc) is 2.40. The summed E-state index contributed by atoms with van der Waals surface area (Å²) in [7, 11) is 4.21. The van der Waals surface area contributed by atoms with Crippen LogP contribution in [0.3, 0.4) is 0 Å². The topological polar surface area (TPSA) is 16.1 Å². The summed E-state index contributed by atoms with van der Waals surface area (Å²) < 4.78 is 0. The first-order chi connectivity index (χ1) is 8.66. The lowest BCUT2D eigenvalue weighted by Gasteiger charge is -2.20. The van der Waals surface area contributed by atoms with E-state index in [1.807, 2.05) is 18.3 Å². The van der Waals surface area contributed by atoms with Crippen molar-refractivity contribution in [3.8, 4) is 0 Å². The van der Waals surface area contributed by atoms with Crippen LogP contribution < -0.4 is 0 Å². The fourth-order valence-corrected chi connectivity index (χ4v) is 1.92. The minimum atomic E-state index is 0.453. The molecule has 2 nitrogen and oxygen atoms in total. The normalized spacial score (nSPS) is 12.7. The molecule has 2 rings (SSSR count). The predicted molar refractivity (Wildman–Crippen MR) is 75.6 cm³/mol. The molecule has 0 aliphatic heterocycles. The Bertz CT molecular complexity index is 474. The molecule has 2 aromatic rings. The van der Waals surface area contributed by atoms with Gasteiger partial charge in [0.15, 0.2) is 0 Å². The molecule has 1 heterocycles. The summed E-state index contributed by atoms with van der Waals surface area (Å²) in [5.41, 5.74) is 3.78. The summed E-state index contributed by atoms with van der Waals surface area (Å²) in [4.78, 5) is 6.57. The van der Waals surface area contributed by atoms with Gasteiger partial charge in [0.1, 0.15) is 0 Å². The second-order valence-corrected chi connectivity index (χ2v) is 4.88. The number of hydrogen-bond acceptors (Lipinski definition) is 2. The Morgan fingerprint density at radius 3 is 2.33 bits per heavy atom. The van der Waals surface area contributed by atoms with Crippen LogP contribution in [0.15, 0.2) is 48.7 Å². The molecule has 2 heteroatoms. The highest BCUT2D eigenvalue weighted by molar-refractivity contribution is 5.27. The van der Waals surface area contributed by atoms with Gasteiger partial charge in [0.2, 0.25) is 0 Å². The van der Waals surface area contributed by atoms with Crippen molar-refractivity contribution < 1.29 is 0 Å². The van der Waals surface area contributed by atoms with Crippen molar-refractivity contribution in [1.29, 1.82) is 0 Å². The van der Waals surface area contributed by atoms with Crippen LogP contribution in [0.2, 0.25) is 0 Å². The Hall–Kier alpha value is -1.67. The van der Waals surface area contributed by atoms with Gasteiger partial charge in [-0.05, 0) is 44.3 Å². The molecule has 0 aliphatic rings. The summed E-state index contributed by atoms with van der Waals surface area (Å²) in [5.74, 6) is 0. The van der Waals surface area contributed by atoms with Gasteiger partial charge in [-0.3, -0.25) is 4.98 Å². The molecule has 0 fully saturated rings. The van der Waals surface area contributed by atoms with E-state index in [1.54, 1.807) is 0 Å². The Morgan fingerprint density at radius 2 is 1.78 bits per heavy atom. The standard InChI is InChI=1S/C16H20N2/c1-13(18(2)3)15-9-7-14(8-10-15)12-16-6-4-5-11-17-16/h4-11,13H,12H2,1-3H3. The van der Waals surface area contributed by atoms with Gasteiger partial charge in [-0.15, -0.1) is 0 Å². The molecule has 1 unspecified atom stereocenters. The first-order valence-electron chi connectivity index (χ1n) is 6.32. The summed E-state index contributed by atoms with van der Waals surface area (Å²) in [6.45, 7) is 2.22. The summed E-state index contributed by atoms with van der Waals surface area (Å²) in [6.07, 6.45) is 2.75. The zero-order valence-electron chi connectivity index (χ0n) is 11.3. The quantitative estimate of drug-likeness (QED) is 0.815. The minimum Gasteiger partial charge on any atom is -0.303 e. The van der Waals surface area contributed by atoms with E-state index in [9.17, 15) is 0 Å². The van der Waals surface area contributed by atoms with E-state index in [0.29, 0.717) is 6.04 Å². The number of hydrogen-bond donors (Lipinski definition) is 0. The summed E-state index contributed by atoms with van der Waals surface area (Å²) in [5, 5.41) is 0. The van der Waals surface area contributed by atoms with Crippen molar-refractivity contribution in [2.24, 2.45) is 0 Å². The van der Waals surface area contributed by atoms with Gasteiger partial charge < -0.3 is 4.90 Å². The van der Waals surface area contributed by atoms with Gasteiger partial charge in [0.25, 0.3) is 0 Å². The zero-order valence-corrected chi connectivity index (χ0v) is 11.3. The number of pyridine rings is 1. The Balaban J connectivity index is 2.09.